The molecular weight excluding hydrogens is 252 g/mol. The van der Waals surface area contributed by atoms with Crippen LogP contribution in [0.2, 0.25) is 5.02 Å². The number of amides is 1. The molecule has 1 heterocycles. The van der Waals surface area contributed by atoms with Crippen molar-refractivity contribution >= 4 is 28.4 Å². The van der Waals surface area contributed by atoms with Crippen LogP contribution in [0, 0.1) is 0 Å². The Hall–Kier alpha value is -1.65. The summed E-state index contributed by atoms with van der Waals surface area (Å²) in [7, 11) is 1.59. The molecule has 18 heavy (non-hydrogen) atoms. The molecule has 0 aliphatic carbocycles. The molecule has 94 valence electrons. The molecule has 0 unspecified atom stereocenters. The standard InChI is InChI=1S/C13H13ClN2O2/c1-18-7-6-15-13(17)11-5-3-9-2-4-10(14)8-12(9)16-11/h2-5,8H,6-7H2,1H3,(H,15,17). The Bertz CT molecular complexity index is 572. The Kier molecular flexibility index (Phi) is 4.12. The number of carbonyl (C=O) groups is 1. The van der Waals surface area contributed by atoms with Gasteiger partial charge in [0, 0.05) is 24.1 Å². The van der Waals surface area contributed by atoms with Crippen LogP contribution in [0.1, 0.15) is 10.5 Å². The number of halogens is 1. The maximum atomic E-state index is 11.8. The van der Waals surface area contributed by atoms with E-state index in [1.54, 1.807) is 25.3 Å². The van der Waals surface area contributed by atoms with Gasteiger partial charge in [-0.05, 0) is 18.2 Å². The highest BCUT2D eigenvalue weighted by Crippen LogP contribution is 2.17. The van der Waals surface area contributed by atoms with Gasteiger partial charge in [0.25, 0.3) is 5.91 Å². The van der Waals surface area contributed by atoms with Gasteiger partial charge in [0.1, 0.15) is 5.69 Å². The topological polar surface area (TPSA) is 51.2 Å². The molecule has 0 atom stereocenters. The minimum atomic E-state index is -0.214. The van der Waals surface area contributed by atoms with Gasteiger partial charge in [0.2, 0.25) is 0 Å². The first-order chi connectivity index (χ1) is 8.70. The van der Waals surface area contributed by atoms with Crippen LogP contribution in [-0.4, -0.2) is 31.2 Å². The fraction of sp³-hybridized carbons (Fsp3) is 0.231. The van der Waals surface area contributed by atoms with Gasteiger partial charge in [0.05, 0.1) is 12.1 Å². The summed E-state index contributed by atoms with van der Waals surface area (Å²) in [5, 5.41) is 4.28. The first-order valence-corrected chi connectivity index (χ1v) is 5.92. The quantitative estimate of drug-likeness (QED) is 0.862. The Balaban J connectivity index is 2.21. The number of methoxy groups -OCH3 is 1. The van der Waals surface area contributed by atoms with E-state index in [9.17, 15) is 4.79 Å². The van der Waals surface area contributed by atoms with E-state index in [0.29, 0.717) is 29.4 Å². The summed E-state index contributed by atoms with van der Waals surface area (Å²) in [6, 6.07) is 8.95. The number of aromatic nitrogens is 1. The maximum absolute atomic E-state index is 11.8. The fourth-order valence-electron chi connectivity index (χ4n) is 1.57. The maximum Gasteiger partial charge on any atom is 0.269 e. The summed E-state index contributed by atoms with van der Waals surface area (Å²) < 4.78 is 4.86. The predicted molar refractivity (Wildman–Crippen MR) is 71.0 cm³/mol. The van der Waals surface area contributed by atoms with Crippen molar-refractivity contribution in [2.45, 2.75) is 0 Å². The molecule has 5 heteroatoms. The minimum Gasteiger partial charge on any atom is -0.383 e. The van der Waals surface area contributed by atoms with Crippen molar-refractivity contribution in [3.63, 3.8) is 0 Å². The molecule has 0 bridgehead atoms. The smallest absolute Gasteiger partial charge is 0.269 e. The third-order valence-corrected chi connectivity index (χ3v) is 2.71. The van der Waals surface area contributed by atoms with E-state index in [4.69, 9.17) is 16.3 Å². The summed E-state index contributed by atoms with van der Waals surface area (Å²) >= 11 is 5.90. The normalized spacial score (nSPS) is 10.6. The van der Waals surface area contributed by atoms with Crippen molar-refractivity contribution in [1.82, 2.24) is 10.3 Å². The molecule has 0 aliphatic rings. The Labute approximate surface area is 110 Å². The van der Waals surface area contributed by atoms with Gasteiger partial charge in [0.15, 0.2) is 0 Å². The zero-order chi connectivity index (χ0) is 13.0. The van der Waals surface area contributed by atoms with Crippen molar-refractivity contribution in [2.75, 3.05) is 20.3 Å². The lowest BCUT2D eigenvalue weighted by atomic mass is 10.2. The van der Waals surface area contributed by atoms with E-state index in [1.807, 2.05) is 12.1 Å². The van der Waals surface area contributed by atoms with Gasteiger partial charge < -0.3 is 10.1 Å². The summed E-state index contributed by atoms with van der Waals surface area (Å²) in [4.78, 5) is 16.1. The Morgan fingerprint density at radius 3 is 2.94 bits per heavy atom. The molecule has 1 aromatic carbocycles. The zero-order valence-corrected chi connectivity index (χ0v) is 10.7. The van der Waals surface area contributed by atoms with Gasteiger partial charge in [-0.25, -0.2) is 4.98 Å². The molecule has 0 aliphatic heterocycles. The molecule has 0 fully saturated rings. The molecule has 4 nitrogen and oxygen atoms in total. The van der Waals surface area contributed by atoms with E-state index >= 15 is 0 Å². The first-order valence-electron chi connectivity index (χ1n) is 5.54. The zero-order valence-electron chi connectivity index (χ0n) is 9.94. The second-order valence-electron chi connectivity index (χ2n) is 3.78. The highest BCUT2D eigenvalue weighted by atomic mass is 35.5. The highest BCUT2D eigenvalue weighted by Gasteiger charge is 2.07. The number of pyridine rings is 1. The van der Waals surface area contributed by atoms with Gasteiger partial charge >= 0.3 is 0 Å². The number of hydrogen-bond donors (Lipinski definition) is 1. The van der Waals surface area contributed by atoms with Crippen molar-refractivity contribution in [2.24, 2.45) is 0 Å². The van der Waals surface area contributed by atoms with Gasteiger partial charge in [-0.15, -0.1) is 0 Å². The van der Waals surface area contributed by atoms with Crippen molar-refractivity contribution < 1.29 is 9.53 Å². The van der Waals surface area contributed by atoms with Gasteiger partial charge in [-0.1, -0.05) is 23.7 Å². The average Bonchev–Trinajstić information content (AvgIpc) is 2.38. The van der Waals surface area contributed by atoms with Gasteiger partial charge in [-0.2, -0.15) is 0 Å². The van der Waals surface area contributed by atoms with Crippen molar-refractivity contribution in [3.8, 4) is 0 Å². The number of hydrogen-bond acceptors (Lipinski definition) is 3. The fourth-order valence-corrected chi connectivity index (χ4v) is 1.74. The average molecular weight is 265 g/mol. The lowest BCUT2D eigenvalue weighted by molar-refractivity contribution is 0.0932. The van der Waals surface area contributed by atoms with Gasteiger partial charge in [-0.3, -0.25) is 4.79 Å². The summed E-state index contributed by atoms with van der Waals surface area (Å²) in [6.45, 7) is 0.940. The number of rotatable bonds is 4. The van der Waals surface area contributed by atoms with E-state index in [1.165, 1.54) is 0 Å². The largest absolute Gasteiger partial charge is 0.383 e. The number of benzene rings is 1. The van der Waals surface area contributed by atoms with E-state index in [0.717, 1.165) is 5.39 Å². The van der Waals surface area contributed by atoms with Crippen LogP contribution < -0.4 is 5.32 Å². The Morgan fingerprint density at radius 2 is 2.17 bits per heavy atom. The van der Waals surface area contributed by atoms with Crippen molar-refractivity contribution in [3.05, 3.63) is 41.0 Å². The third kappa shape index (κ3) is 2.97. The number of fused-ring (bicyclic) bond motifs is 1. The molecule has 2 rings (SSSR count). The van der Waals surface area contributed by atoms with Crippen LogP contribution in [0.3, 0.4) is 0 Å². The first kappa shape index (κ1) is 12.8. The van der Waals surface area contributed by atoms with E-state index in [-0.39, 0.29) is 5.91 Å². The summed E-state index contributed by atoms with van der Waals surface area (Å²) in [5.74, 6) is -0.214. The third-order valence-electron chi connectivity index (χ3n) is 2.48. The highest BCUT2D eigenvalue weighted by molar-refractivity contribution is 6.31. The molecule has 1 amide bonds. The summed E-state index contributed by atoms with van der Waals surface area (Å²) in [5.41, 5.74) is 1.09. The predicted octanol–water partition coefficient (Wildman–Crippen LogP) is 2.26. The monoisotopic (exact) mass is 264 g/mol. The molecule has 0 saturated heterocycles. The van der Waals surface area contributed by atoms with Crippen molar-refractivity contribution in [1.29, 1.82) is 0 Å². The molecule has 1 N–H and O–H groups in total. The second-order valence-corrected chi connectivity index (χ2v) is 4.22. The molecule has 1 aromatic heterocycles. The molecule has 2 aromatic rings. The molecule has 0 saturated carbocycles. The summed E-state index contributed by atoms with van der Waals surface area (Å²) in [6.07, 6.45) is 0. The van der Waals surface area contributed by atoms with Crippen LogP contribution in [0.5, 0.6) is 0 Å². The number of ether oxygens (including phenoxy) is 1. The van der Waals surface area contributed by atoms with Crippen LogP contribution in [0.25, 0.3) is 10.9 Å². The number of nitrogens with one attached hydrogen (secondary N) is 1. The Morgan fingerprint density at radius 1 is 1.39 bits per heavy atom. The van der Waals surface area contributed by atoms with Crippen LogP contribution in [0.15, 0.2) is 30.3 Å². The number of nitrogens with zero attached hydrogens (tertiary/aromatic N) is 1. The SMILES string of the molecule is COCCNC(=O)c1ccc2ccc(Cl)cc2n1. The van der Waals surface area contributed by atoms with Crippen LogP contribution in [0.4, 0.5) is 0 Å². The second kappa shape index (κ2) is 5.80. The van der Waals surface area contributed by atoms with Crippen LogP contribution >= 0.6 is 11.6 Å². The molecular formula is C13H13ClN2O2. The molecule has 0 radical (unpaired) electrons. The minimum absolute atomic E-state index is 0.214. The van der Waals surface area contributed by atoms with Crippen LogP contribution in [-0.2, 0) is 4.74 Å². The van der Waals surface area contributed by atoms with E-state index in [2.05, 4.69) is 10.3 Å². The number of carbonyl (C=O) groups excluding carboxylic acids is 1. The van der Waals surface area contributed by atoms with E-state index < -0.39 is 0 Å². The lowest BCUT2D eigenvalue weighted by Crippen LogP contribution is -2.27. The molecule has 0 spiro atoms. The lowest BCUT2D eigenvalue weighted by Gasteiger charge is -2.05.